The Morgan fingerprint density at radius 2 is 2.00 bits per heavy atom. The summed E-state index contributed by atoms with van der Waals surface area (Å²) < 4.78 is 24.3. The maximum Gasteiger partial charge on any atom is 0.244 e. The molecule has 20 heavy (non-hydrogen) atoms. The zero-order valence-corrected chi connectivity index (χ0v) is 13.9. The van der Waals surface area contributed by atoms with Crippen LogP contribution in [0.15, 0.2) is 0 Å². The second-order valence-electron chi connectivity index (χ2n) is 4.88. The third-order valence-electron chi connectivity index (χ3n) is 3.99. The minimum atomic E-state index is -3.33. The van der Waals surface area contributed by atoms with Crippen LogP contribution in [0.25, 0.3) is 0 Å². The molecule has 0 aliphatic carbocycles. The van der Waals surface area contributed by atoms with Crippen LogP contribution in [0.3, 0.4) is 0 Å². The minimum absolute atomic E-state index is 0.0137. The summed E-state index contributed by atoms with van der Waals surface area (Å²) in [5.74, 6) is 0.805. The van der Waals surface area contributed by atoms with Crippen LogP contribution in [0, 0.1) is 16.7 Å². The van der Waals surface area contributed by atoms with Crippen molar-refractivity contribution in [2.75, 3.05) is 23.8 Å². The van der Waals surface area contributed by atoms with Crippen molar-refractivity contribution in [3.8, 4) is 6.07 Å². The zero-order chi connectivity index (χ0) is 15.4. The van der Waals surface area contributed by atoms with E-state index < -0.39 is 20.6 Å². The molecule has 1 heterocycles. The molecule has 0 bridgehead atoms. The van der Waals surface area contributed by atoms with Gasteiger partial charge in [0.1, 0.15) is 10.8 Å². The quantitative estimate of drug-likeness (QED) is 0.770. The summed E-state index contributed by atoms with van der Waals surface area (Å²) in [4.78, 5) is 14.1. The number of nitriles is 1. The Labute approximate surface area is 125 Å². The fourth-order valence-corrected chi connectivity index (χ4v) is 5.30. The van der Waals surface area contributed by atoms with E-state index in [1.165, 1.54) is 4.90 Å². The van der Waals surface area contributed by atoms with Crippen LogP contribution >= 0.6 is 11.8 Å². The van der Waals surface area contributed by atoms with Gasteiger partial charge in [0.05, 0.1) is 6.07 Å². The zero-order valence-electron chi connectivity index (χ0n) is 12.3. The molecule has 1 unspecified atom stereocenters. The summed E-state index contributed by atoms with van der Waals surface area (Å²) in [6.45, 7) is 5.59. The highest BCUT2D eigenvalue weighted by Gasteiger charge is 2.44. The van der Waals surface area contributed by atoms with Crippen molar-refractivity contribution in [1.82, 2.24) is 4.90 Å². The van der Waals surface area contributed by atoms with Gasteiger partial charge in [0.2, 0.25) is 5.91 Å². The summed E-state index contributed by atoms with van der Waals surface area (Å²) >= 11 is 1.54. The summed E-state index contributed by atoms with van der Waals surface area (Å²) in [7, 11) is -3.33. The van der Waals surface area contributed by atoms with E-state index in [-0.39, 0.29) is 11.7 Å². The summed E-state index contributed by atoms with van der Waals surface area (Å²) in [5.41, 5.74) is -1.09. The lowest BCUT2D eigenvalue weighted by Crippen LogP contribution is -2.55. The molecule has 114 valence electrons. The van der Waals surface area contributed by atoms with Gasteiger partial charge in [0.15, 0.2) is 9.84 Å². The molecule has 1 saturated heterocycles. The van der Waals surface area contributed by atoms with Crippen molar-refractivity contribution in [3.05, 3.63) is 0 Å². The lowest BCUT2D eigenvalue weighted by Gasteiger charge is -2.38. The highest BCUT2D eigenvalue weighted by Crippen LogP contribution is 2.32. The first-order valence-electron chi connectivity index (χ1n) is 6.90. The van der Waals surface area contributed by atoms with Gasteiger partial charge in [-0.25, -0.2) is 8.42 Å². The third-order valence-corrected chi connectivity index (χ3v) is 7.28. The first-order chi connectivity index (χ1) is 9.38. The van der Waals surface area contributed by atoms with Crippen LogP contribution < -0.4 is 0 Å². The molecule has 0 saturated carbocycles. The van der Waals surface area contributed by atoms with Crippen molar-refractivity contribution in [3.63, 3.8) is 0 Å². The molecule has 0 radical (unpaired) electrons. The average Bonchev–Trinajstić information content (AvgIpc) is 2.49. The van der Waals surface area contributed by atoms with Crippen molar-refractivity contribution in [1.29, 1.82) is 5.26 Å². The van der Waals surface area contributed by atoms with E-state index in [4.69, 9.17) is 0 Å². The first kappa shape index (κ1) is 17.3. The second kappa shape index (κ2) is 6.81. The van der Waals surface area contributed by atoms with Crippen LogP contribution in [0.2, 0.25) is 0 Å². The molecule has 5 nitrogen and oxygen atoms in total. The van der Waals surface area contributed by atoms with Gasteiger partial charge in [-0.15, -0.1) is 0 Å². The normalized spacial score (nSPS) is 20.5. The van der Waals surface area contributed by atoms with Gasteiger partial charge in [-0.1, -0.05) is 20.8 Å². The number of hydrogen-bond donors (Lipinski definition) is 0. The number of sulfone groups is 1. The highest BCUT2D eigenvalue weighted by atomic mass is 32.2. The molecule has 0 aromatic heterocycles. The Hall–Kier alpha value is -0.740. The second-order valence-corrected chi connectivity index (χ2v) is 8.48. The lowest BCUT2D eigenvalue weighted by atomic mass is 9.82. The maximum absolute atomic E-state index is 12.7. The van der Waals surface area contributed by atoms with Gasteiger partial charge in [-0.05, 0) is 12.8 Å². The Morgan fingerprint density at radius 1 is 1.40 bits per heavy atom. The van der Waals surface area contributed by atoms with E-state index in [1.807, 2.05) is 0 Å². The maximum atomic E-state index is 12.7. The van der Waals surface area contributed by atoms with Gasteiger partial charge in [0.25, 0.3) is 0 Å². The standard InChI is InChI=1S/C13H22N2O3S2/c1-4-13(5-2,10-14)12(16)15-7-8-19-9-11(15)20(17,18)6-3/h11H,4-9H2,1-3H3. The summed E-state index contributed by atoms with van der Waals surface area (Å²) in [6, 6.07) is 2.11. The van der Waals surface area contributed by atoms with Crippen molar-refractivity contribution in [2.45, 2.75) is 39.0 Å². The van der Waals surface area contributed by atoms with Gasteiger partial charge < -0.3 is 4.90 Å². The Kier molecular flexibility index (Phi) is 5.90. The third kappa shape index (κ3) is 3.12. The predicted molar refractivity (Wildman–Crippen MR) is 80.9 cm³/mol. The summed E-state index contributed by atoms with van der Waals surface area (Å²) in [6.07, 6.45) is 0.808. The largest absolute Gasteiger partial charge is 0.323 e. The first-order valence-corrected chi connectivity index (χ1v) is 9.77. The number of nitrogens with zero attached hydrogens (tertiary/aromatic N) is 2. The van der Waals surface area contributed by atoms with E-state index in [0.717, 1.165) is 5.75 Å². The molecular weight excluding hydrogens is 296 g/mol. The minimum Gasteiger partial charge on any atom is -0.323 e. The van der Waals surface area contributed by atoms with E-state index in [0.29, 0.717) is 25.1 Å². The van der Waals surface area contributed by atoms with Gasteiger partial charge >= 0.3 is 0 Å². The van der Waals surface area contributed by atoms with Gasteiger partial charge in [0, 0.05) is 23.8 Å². The number of rotatable bonds is 5. The molecule has 0 N–H and O–H groups in total. The molecule has 1 atom stereocenters. The van der Waals surface area contributed by atoms with E-state index >= 15 is 0 Å². The number of thioether (sulfide) groups is 1. The monoisotopic (exact) mass is 318 g/mol. The molecule has 1 aliphatic rings. The van der Waals surface area contributed by atoms with E-state index in [2.05, 4.69) is 6.07 Å². The van der Waals surface area contributed by atoms with Gasteiger partial charge in [-0.2, -0.15) is 17.0 Å². The molecule has 1 aliphatic heterocycles. The van der Waals surface area contributed by atoms with Crippen LogP contribution in [0.5, 0.6) is 0 Å². The Morgan fingerprint density at radius 3 is 2.45 bits per heavy atom. The lowest BCUT2D eigenvalue weighted by molar-refractivity contribution is -0.139. The van der Waals surface area contributed by atoms with Gasteiger partial charge in [-0.3, -0.25) is 4.79 Å². The van der Waals surface area contributed by atoms with Crippen molar-refractivity contribution in [2.24, 2.45) is 5.41 Å². The van der Waals surface area contributed by atoms with Crippen molar-refractivity contribution >= 4 is 27.5 Å². The van der Waals surface area contributed by atoms with E-state index in [1.54, 1.807) is 32.5 Å². The fourth-order valence-electron chi connectivity index (χ4n) is 2.34. The molecule has 7 heteroatoms. The van der Waals surface area contributed by atoms with Crippen LogP contribution in [-0.4, -0.2) is 48.4 Å². The molecule has 1 fully saturated rings. The Balaban J connectivity index is 3.14. The van der Waals surface area contributed by atoms with E-state index in [9.17, 15) is 18.5 Å². The fraction of sp³-hybridized carbons (Fsp3) is 0.846. The highest BCUT2D eigenvalue weighted by molar-refractivity contribution is 8.01. The Bertz CT molecular complexity index is 492. The number of carbonyl (C=O) groups is 1. The van der Waals surface area contributed by atoms with Crippen molar-refractivity contribution < 1.29 is 13.2 Å². The SMILES string of the molecule is CCC(C#N)(CC)C(=O)N1CCSCC1S(=O)(=O)CC. The van der Waals surface area contributed by atoms with Crippen LogP contribution in [0.1, 0.15) is 33.6 Å². The molecule has 0 aromatic rings. The number of hydrogen-bond acceptors (Lipinski definition) is 5. The smallest absolute Gasteiger partial charge is 0.244 e. The topological polar surface area (TPSA) is 78.2 Å². The number of amides is 1. The number of carbonyl (C=O) groups excluding carboxylic acids is 1. The van der Waals surface area contributed by atoms with Crippen LogP contribution in [-0.2, 0) is 14.6 Å². The molecule has 0 spiro atoms. The molecule has 0 aromatic carbocycles. The molecule has 1 rings (SSSR count). The predicted octanol–water partition coefficient (Wildman–Crippen LogP) is 1.65. The molecule has 1 amide bonds. The summed E-state index contributed by atoms with van der Waals surface area (Å²) in [5, 5.41) is 8.58. The molecular formula is C13H22N2O3S2. The van der Waals surface area contributed by atoms with Crippen LogP contribution in [0.4, 0.5) is 0 Å². The average molecular weight is 318 g/mol.